The van der Waals surface area contributed by atoms with Gasteiger partial charge in [-0.25, -0.2) is 4.99 Å². The fourth-order valence-electron chi connectivity index (χ4n) is 1.41. The van der Waals surface area contributed by atoms with Crippen LogP contribution in [0, 0.1) is 5.92 Å². The van der Waals surface area contributed by atoms with E-state index in [0.29, 0.717) is 6.54 Å². The maximum Gasteiger partial charge on any atom is 0.254 e. The van der Waals surface area contributed by atoms with Gasteiger partial charge in [0.15, 0.2) is 0 Å². The number of amides is 1. The van der Waals surface area contributed by atoms with Crippen molar-refractivity contribution >= 4 is 24.0 Å². The zero-order valence-corrected chi connectivity index (χ0v) is 8.73. The van der Waals surface area contributed by atoms with Gasteiger partial charge < -0.3 is 5.73 Å². The van der Waals surface area contributed by atoms with Crippen molar-refractivity contribution in [3.8, 4) is 0 Å². The van der Waals surface area contributed by atoms with Crippen LogP contribution in [-0.2, 0) is 4.79 Å². The molecule has 0 aromatic rings. The summed E-state index contributed by atoms with van der Waals surface area (Å²) >= 11 is 0. The van der Waals surface area contributed by atoms with Gasteiger partial charge in [-0.15, -0.1) is 12.4 Å². The van der Waals surface area contributed by atoms with Crippen molar-refractivity contribution in [3.05, 3.63) is 11.6 Å². The lowest BCUT2D eigenvalue weighted by atomic mass is 9.93. The zero-order valence-electron chi connectivity index (χ0n) is 7.91. The van der Waals surface area contributed by atoms with Crippen LogP contribution in [0.15, 0.2) is 16.6 Å². The van der Waals surface area contributed by atoms with E-state index in [1.165, 1.54) is 0 Å². The molecule has 1 heterocycles. The van der Waals surface area contributed by atoms with Gasteiger partial charge in [-0.05, 0) is 19.4 Å². The smallest absolute Gasteiger partial charge is 0.254 e. The Hall–Kier alpha value is -0.670. The molecule has 13 heavy (non-hydrogen) atoms. The van der Waals surface area contributed by atoms with Crippen molar-refractivity contribution < 1.29 is 4.79 Å². The summed E-state index contributed by atoms with van der Waals surface area (Å²) < 4.78 is 0. The van der Waals surface area contributed by atoms with E-state index in [1.807, 2.05) is 19.9 Å². The number of aliphatic imine (C=N–C) groups is 1. The first-order valence-corrected chi connectivity index (χ1v) is 4.18. The van der Waals surface area contributed by atoms with E-state index in [2.05, 4.69) is 4.99 Å². The molecule has 4 heteroatoms. The van der Waals surface area contributed by atoms with Gasteiger partial charge in [0.1, 0.15) is 0 Å². The first kappa shape index (κ1) is 12.3. The van der Waals surface area contributed by atoms with E-state index in [1.54, 1.807) is 0 Å². The van der Waals surface area contributed by atoms with Crippen LogP contribution in [0.2, 0.25) is 0 Å². The number of nitrogens with zero attached hydrogens (tertiary/aromatic N) is 1. The molecular formula is C9H15ClN2O. The van der Waals surface area contributed by atoms with Gasteiger partial charge >= 0.3 is 0 Å². The van der Waals surface area contributed by atoms with Crippen LogP contribution in [0.5, 0.6) is 0 Å². The van der Waals surface area contributed by atoms with E-state index in [-0.39, 0.29) is 24.2 Å². The lowest BCUT2D eigenvalue weighted by Crippen LogP contribution is -2.27. The third kappa shape index (κ3) is 2.64. The number of carbonyl (C=O) groups excluding carboxylic acids is 1. The first-order chi connectivity index (χ1) is 5.69. The molecule has 1 atom stereocenters. The molecule has 1 unspecified atom stereocenters. The fraction of sp³-hybridized carbons (Fsp3) is 0.556. The zero-order chi connectivity index (χ0) is 9.14. The highest BCUT2D eigenvalue weighted by Gasteiger charge is 2.22. The SMILES string of the molecule is CCC1=CC(C)=NC(=O)C1CN.Cl. The van der Waals surface area contributed by atoms with Crippen LogP contribution in [0.1, 0.15) is 20.3 Å². The molecule has 0 spiro atoms. The molecule has 1 amide bonds. The van der Waals surface area contributed by atoms with Crippen molar-refractivity contribution in [1.82, 2.24) is 0 Å². The molecule has 74 valence electrons. The highest BCUT2D eigenvalue weighted by atomic mass is 35.5. The second-order valence-electron chi connectivity index (χ2n) is 2.95. The number of carbonyl (C=O) groups is 1. The molecule has 0 fully saturated rings. The molecule has 3 nitrogen and oxygen atoms in total. The minimum absolute atomic E-state index is 0. The minimum atomic E-state index is -0.168. The topological polar surface area (TPSA) is 55.5 Å². The summed E-state index contributed by atoms with van der Waals surface area (Å²) in [5, 5.41) is 0. The second-order valence-corrected chi connectivity index (χ2v) is 2.95. The largest absolute Gasteiger partial charge is 0.329 e. The Morgan fingerprint density at radius 3 is 2.69 bits per heavy atom. The summed E-state index contributed by atoms with van der Waals surface area (Å²) in [6.07, 6.45) is 2.83. The van der Waals surface area contributed by atoms with Crippen molar-refractivity contribution in [2.45, 2.75) is 20.3 Å². The summed E-state index contributed by atoms with van der Waals surface area (Å²) in [5.41, 5.74) is 7.37. The number of hydrogen-bond acceptors (Lipinski definition) is 2. The monoisotopic (exact) mass is 202 g/mol. The van der Waals surface area contributed by atoms with Crippen molar-refractivity contribution in [3.63, 3.8) is 0 Å². The van der Waals surface area contributed by atoms with Crippen LogP contribution >= 0.6 is 12.4 Å². The average molecular weight is 203 g/mol. The number of allylic oxidation sites excluding steroid dienone is 1. The molecule has 1 aliphatic rings. The lowest BCUT2D eigenvalue weighted by molar-refractivity contribution is -0.120. The van der Waals surface area contributed by atoms with Crippen LogP contribution in [0.3, 0.4) is 0 Å². The average Bonchev–Trinajstić information content (AvgIpc) is 2.03. The fourth-order valence-corrected chi connectivity index (χ4v) is 1.41. The second kappa shape index (κ2) is 5.14. The predicted molar refractivity (Wildman–Crippen MR) is 56.3 cm³/mol. The Balaban J connectivity index is 0.00000144. The summed E-state index contributed by atoms with van der Waals surface area (Å²) in [6, 6.07) is 0. The van der Waals surface area contributed by atoms with Crippen molar-refractivity contribution in [2.24, 2.45) is 16.6 Å². The predicted octanol–water partition coefficient (Wildman–Crippen LogP) is 1.32. The molecule has 0 saturated heterocycles. The Labute approximate surface area is 84.5 Å². The quantitative estimate of drug-likeness (QED) is 0.735. The van der Waals surface area contributed by atoms with E-state index < -0.39 is 0 Å². The molecule has 0 aromatic heterocycles. The minimum Gasteiger partial charge on any atom is -0.329 e. The molecule has 0 aromatic carbocycles. The van der Waals surface area contributed by atoms with Gasteiger partial charge in [0.2, 0.25) is 0 Å². The van der Waals surface area contributed by atoms with Crippen molar-refractivity contribution in [2.75, 3.05) is 6.54 Å². The molecular weight excluding hydrogens is 188 g/mol. The number of hydrogen-bond donors (Lipinski definition) is 1. The highest BCUT2D eigenvalue weighted by molar-refractivity contribution is 6.05. The Morgan fingerprint density at radius 1 is 1.62 bits per heavy atom. The lowest BCUT2D eigenvalue weighted by Gasteiger charge is -2.17. The van der Waals surface area contributed by atoms with E-state index in [4.69, 9.17) is 5.73 Å². The Kier molecular flexibility index (Phi) is 4.88. The number of halogens is 1. The van der Waals surface area contributed by atoms with Gasteiger partial charge in [-0.2, -0.15) is 0 Å². The van der Waals surface area contributed by atoms with Gasteiger partial charge in [0.25, 0.3) is 5.91 Å². The molecule has 0 aliphatic carbocycles. The van der Waals surface area contributed by atoms with Crippen LogP contribution in [0.25, 0.3) is 0 Å². The van der Waals surface area contributed by atoms with Crippen LogP contribution < -0.4 is 5.73 Å². The normalized spacial score (nSPS) is 21.8. The summed E-state index contributed by atoms with van der Waals surface area (Å²) in [4.78, 5) is 15.2. The molecule has 1 rings (SSSR count). The Morgan fingerprint density at radius 2 is 2.23 bits per heavy atom. The standard InChI is InChI=1S/C9H14N2O.ClH/c1-3-7-4-6(2)11-9(12)8(7)5-10;/h4,8H,3,5,10H2,1-2H3;1H. The first-order valence-electron chi connectivity index (χ1n) is 4.18. The maximum atomic E-state index is 11.3. The highest BCUT2D eigenvalue weighted by Crippen LogP contribution is 2.19. The third-order valence-electron chi connectivity index (χ3n) is 2.07. The number of rotatable bonds is 2. The Bertz CT molecular complexity index is 258. The van der Waals surface area contributed by atoms with E-state index >= 15 is 0 Å². The van der Waals surface area contributed by atoms with E-state index in [9.17, 15) is 4.79 Å². The summed E-state index contributed by atoms with van der Waals surface area (Å²) in [6.45, 7) is 4.23. The van der Waals surface area contributed by atoms with Gasteiger partial charge in [0.05, 0.1) is 5.92 Å². The van der Waals surface area contributed by atoms with Crippen molar-refractivity contribution in [1.29, 1.82) is 0 Å². The third-order valence-corrected chi connectivity index (χ3v) is 2.07. The number of dihydropyridines is 1. The molecule has 0 bridgehead atoms. The van der Waals surface area contributed by atoms with E-state index in [0.717, 1.165) is 17.7 Å². The summed E-state index contributed by atoms with van der Waals surface area (Å²) in [7, 11) is 0. The van der Waals surface area contributed by atoms with Crippen LogP contribution in [0.4, 0.5) is 0 Å². The maximum absolute atomic E-state index is 11.3. The van der Waals surface area contributed by atoms with Gasteiger partial charge in [-0.3, -0.25) is 4.79 Å². The molecule has 0 saturated carbocycles. The molecule has 2 N–H and O–H groups in total. The van der Waals surface area contributed by atoms with Crippen LogP contribution in [-0.4, -0.2) is 18.2 Å². The summed E-state index contributed by atoms with van der Waals surface area (Å²) in [5.74, 6) is -0.256. The molecule has 0 radical (unpaired) electrons. The number of nitrogens with two attached hydrogens (primary N) is 1. The van der Waals surface area contributed by atoms with Gasteiger partial charge in [-0.1, -0.05) is 12.5 Å². The molecule has 1 aliphatic heterocycles. The van der Waals surface area contributed by atoms with Gasteiger partial charge in [0, 0.05) is 12.3 Å².